The molecule has 154 valence electrons. The van der Waals surface area contributed by atoms with E-state index in [1.807, 2.05) is 0 Å². The summed E-state index contributed by atoms with van der Waals surface area (Å²) in [6, 6.07) is 4.21. The minimum absolute atomic E-state index is 0.0335. The highest BCUT2D eigenvalue weighted by molar-refractivity contribution is 7.89. The Bertz CT molecular complexity index is 1260. The predicted octanol–water partition coefficient (Wildman–Crippen LogP) is 1.35. The maximum atomic E-state index is 13.5. The van der Waals surface area contributed by atoms with Crippen molar-refractivity contribution < 1.29 is 22.7 Å². The summed E-state index contributed by atoms with van der Waals surface area (Å²) in [5.74, 6) is 3.63. The second kappa shape index (κ2) is 8.13. The molecule has 2 aromatic rings. The smallest absolute Gasteiger partial charge is 0.272 e. The largest absolute Gasteiger partial charge is 0.378 e. The summed E-state index contributed by atoms with van der Waals surface area (Å²) in [5.41, 5.74) is 0.104. The highest BCUT2D eigenvalue weighted by Crippen LogP contribution is 2.27. The molecule has 1 aromatic heterocycles. The first-order valence-corrected chi connectivity index (χ1v) is 10.2. The Morgan fingerprint density at radius 2 is 2.17 bits per heavy atom. The van der Waals surface area contributed by atoms with Crippen molar-refractivity contribution in [3.63, 3.8) is 0 Å². The zero-order chi connectivity index (χ0) is 22.1. The zero-order valence-electron chi connectivity index (χ0n) is 16.0. The number of aliphatic hydroxyl groups excluding tert-OH is 1. The molecule has 0 radical (unpaired) electrons. The van der Waals surface area contributed by atoms with Crippen molar-refractivity contribution >= 4 is 27.7 Å². The van der Waals surface area contributed by atoms with Crippen molar-refractivity contribution in [3.8, 4) is 17.9 Å². The van der Waals surface area contributed by atoms with E-state index in [0.717, 1.165) is 6.07 Å². The van der Waals surface area contributed by atoms with E-state index in [-0.39, 0.29) is 27.4 Å². The third-order valence-corrected chi connectivity index (χ3v) is 5.91. The molecule has 30 heavy (non-hydrogen) atoms. The van der Waals surface area contributed by atoms with Gasteiger partial charge >= 0.3 is 0 Å². The summed E-state index contributed by atoms with van der Waals surface area (Å²) in [5, 5.41) is 21.5. The maximum absolute atomic E-state index is 13.5. The van der Waals surface area contributed by atoms with Gasteiger partial charge in [-0.25, -0.2) is 17.5 Å². The van der Waals surface area contributed by atoms with Crippen molar-refractivity contribution in [1.82, 2.24) is 9.29 Å². The molecule has 0 bridgehead atoms. The van der Waals surface area contributed by atoms with Crippen molar-refractivity contribution in [2.24, 2.45) is 7.05 Å². The number of fused-ring (bicyclic) bond motifs is 1. The fourth-order valence-electron chi connectivity index (χ4n) is 3.04. The molecule has 3 N–H and O–H groups in total. The Hall–Kier alpha value is -3.44. The van der Waals surface area contributed by atoms with E-state index in [9.17, 15) is 22.7 Å². The quantitative estimate of drug-likeness (QED) is 0.637. The summed E-state index contributed by atoms with van der Waals surface area (Å²) < 4.78 is 42.7. The molecule has 1 unspecified atom stereocenters. The maximum Gasteiger partial charge on any atom is 0.272 e. The van der Waals surface area contributed by atoms with Crippen LogP contribution in [0.1, 0.15) is 28.5 Å². The zero-order valence-corrected chi connectivity index (χ0v) is 16.8. The summed E-state index contributed by atoms with van der Waals surface area (Å²) in [6.45, 7) is 1.52. The highest BCUT2D eigenvalue weighted by Gasteiger charge is 2.32. The van der Waals surface area contributed by atoms with Gasteiger partial charge in [0.15, 0.2) is 0 Å². The van der Waals surface area contributed by atoms with Gasteiger partial charge < -0.3 is 15.0 Å². The van der Waals surface area contributed by atoms with Gasteiger partial charge in [-0.15, -0.1) is 5.92 Å². The van der Waals surface area contributed by atoms with Crippen LogP contribution in [0.3, 0.4) is 0 Å². The number of aryl methyl sites for hydroxylation is 1. The molecule has 10 heteroatoms. The molecule has 0 saturated carbocycles. The Morgan fingerprint density at radius 1 is 1.43 bits per heavy atom. The van der Waals surface area contributed by atoms with Crippen LogP contribution < -0.4 is 10.0 Å². The number of rotatable bonds is 3. The van der Waals surface area contributed by atoms with Crippen molar-refractivity contribution in [1.29, 1.82) is 5.26 Å². The van der Waals surface area contributed by atoms with E-state index in [0.29, 0.717) is 0 Å². The van der Waals surface area contributed by atoms with Crippen molar-refractivity contribution in [2.45, 2.75) is 24.0 Å². The number of amides is 1. The average molecular weight is 428 g/mol. The first-order valence-electron chi connectivity index (χ1n) is 8.69. The number of nitrogens with zero attached hydrogens (tertiary/aromatic N) is 2. The van der Waals surface area contributed by atoms with Gasteiger partial charge in [-0.05, 0) is 25.1 Å². The minimum Gasteiger partial charge on any atom is -0.378 e. The van der Waals surface area contributed by atoms with Gasteiger partial charge in [0, 0.05) is 24.5 Å². The van der Waals surface area contributed by atoms with Crippen LogP contribution in [0.5, 0.6) is 0 Å². The molecular weight excluding hydrogens is 411 g/mol. The van der Waals surface area contributed by atoms with Gasteiger partial charge in [0.1, 0.15) is 28.6 Å². The van der Waals surface area contributed by atoms with E-state index in [1.165, 1.54) is 49.0 Å². The second-order valence-electron chi connectivity index (χ2n) is 6.47. The van der Waals surface area contributed by atoms with Crippen LogP contribution in [0.2, 0.25) is 0 Å². The molecule has 0 aliphatic carbocycles. The van der Waals surface area contributed by atoms with Gasteiger partial charge in [0.25, 0.3) is 5.91 Å². The average Bonchev–Trinajstić information content (AvgIpc) is 2.97. The van der Waals surface area contributed by atoms with Crippen LogP contribution in [0, 0.1) is 29.0 Å². The number of hydrogen-bond donors (Lipinski definition) is 3. The van der Waals surface area contributed by atoms with Crippen molar-refractivity contribution in [3.05, 3.63) is 53.1 Å². The number of carbonyl (C=O) groups excluding carboxylic acids is 1. The SMILES string of the molecule is CC#CC(O)[C@@H]1C=Cc2c(cn(C)c2C(=O)Nc2ccc(F)c(C#N)c2)S(=O)(=O)N1. The van der Waals surface area contributed by atoms with Gasteiger partial charge in [-0.1, -0.05) is 18.1 Å². The van der Waals surface area contributed by atoms with Crippen LogP contribution >= 0.6 is 0 Å². The number of benzene rings is 1. The molecule has 1 amide bonds. The molecule has 2 heterocycles. The predicted molar refractivity (Wildman–Crippen MR) is 107 cm³/mol. The number of hydrogen-bond acceptors (Lipinski definition) is 5. The molecule has 3 rings (SSSR count). The fraction of sp³-hybridized carbons (Fsp3) is 0.200. The van der Waals surface area contributed by atoms with Gasteiger partial charge in [0.2, 0.25) is 10.0 Å². The Balaban J connectivity index is 2.02. The molecule has 0 spiro atoms. The first kappa shape index (κ1) is 21.3. The molecule has 8 nitrogen and oxygen atoms in total. The van der Waals surface area contributed by atoms with Crippen LogP contribution in [-0.4, -0.2) is 36.1 Å². The molecule has 1 aliphatic heterocycles. The summed E-state index contributed by atoms with van der Waals surface area (Å²) in [4.78, 5) is 12.7. The van der Waals surface area contributed by atoms with Crippen LogP contribution in [0.15, 0.2) is 35.4 Å². The van der Waals surface area contributed by atoms with Gasteiger partial charge in [0.05, 0.1) is 11.6 Å². The fourth-order valence-corrected chi connectivity index (χ4v) is 4.49. The summed E-state index contributed by atoms with van der Waals surface area (Å²) in [7, 11) is -2.54. The Labute approximate surface area is 172 Å². The normalized spacial score (nSPS) is 17.6. The minimum atomic E-state index is -4.05. The lowest BCUT2D eigenvalue weighted by atomic mass is 10.1. The summed E-state index contributed by atoms with van der Waals surface area (Å²) in [6.07, 6.45) is 2.86. The van der Waals surface area contributed by atoms with Crippen molar-refractivity contribution in [2.75, 3.05) is 5.32 Å². The Morgan fingerprint density at radius 3 is 2.83 bits per heavy atom. The highest BCUT2D eigenvalue weighted by atomic mass is 32.2. The lowest BCUT2D eigenvalue weighted by Gasteiger charge is -2.15. The standard InChI is InChI=1S/C20H17FN4O4S/c1-3-4-17(26)16-8-6-14-18(30(28,29)24-16)11-25(2)19(14)20(27)23-13-5-7-15(21)12(9-13)10-22/h5-9,11,16-17,24,26H,1-2H3,(H,23,27)/t16-,17?/m0/s1. The number of aliphatic hydroxyl groups is 1. The Kier molecular flexibility index (Phi) is 5.76. The van der Waals surface area contributed by atoms with E-state index in [1.54, 1.807) is 6.07 Å². The first-order chi connectivity index (χ1) is 14.2. The van der Waals surface area contributed by atoms with E-state index in [4.69, 9.17) is 5.26 Å². The topological polar surface area (TPSA) is 124 Å². The number of nitriles is 1. The molecule has 1 aromatic carbocycles. The molecular formula is C20H17FN4O4S. The number of halogens is 1. The van der Waals surface area contributed by atoms with Gasteiger partial charge in [-0.2, -0.15) is 5.26 Å². The monoisotopic (exact) mass is 428 g/mol. The molecule has 0 fully saturated rings. The van der Waals surface area contributed by atoms with Crippen LogP contribution in [0.4, 0.5) is 10.1 Å². The lowest BCUT2D eigenvalue weighted by molar-refractivity contribution is 0.101. The molecule has 2 atom stereocenters. The van der Waals surface area contributed by atoms with E-state index >= 15 is 0 Å². The number of aromatic nitrogens is 1. The number of anilines is 1. The summed E-state index contributed by atoms with van der Waals surface area (Å²) >= 11 is 0. The third-order valence-electron chi connectivity index (χ3n) is 4.43. The van der Waals surface area contributed by atoms with E-state index in [2.05, 4.69) is 21.9 Å². The van der Waals surface area contributed by atoms with Crippen LogP contribution in [0.25, 0.3) is 6.08 Å². The third kappa shape index (κ3) is 3.98. The lowest BCUT2D eigenvalue weighted by Crippen LogP contribution is -2.40. The second-order valence-corrected chi connectivity index (χ2v) is 8.15. The molecule has 0 saturated heterocycles. The number of carbonyl (C=O) groups is 1. The number of sulfonamides is 1. The van der Waals surface area contributed by atoms with E-state index < -0.39 is 33.9 Å². The van der Waals surface area contributed by atoms with Gasteiger partial charge in [-0.3, -0.25) is 4.79 Å². The number of nitrogens with one attached hydrogen (secondary N) is 2. The van der Waals surface area contributed by atoms with Crippen LogP contribution in [-0.2, 0) is 17.1 Å². The molecule has 1 aliphatic rings.